The van der Waals surface area contributed by atoms with Crippen molar-refractivity contribution in [3.8, 4) is 22.3 Å². The Labute approximate surface area is 243 Å². The van der Waals surface area contributed by atoms with Gasteiger partial charge in [0, 0.05) is 62.0 Å². The number of aromatic nitrogens is 1. The van der Waals surface area contributed by atoms with Crippen molar-refractivity contribution in [3.05, 3.63) is 102 Å². The zero-order chi connectivity index (χ0) is 28.8. The molecule has 1 N–H and O–H groups in total. The molecule has 0 spiro atoms. The number of hydrogen-bond donors (Lipinski definition) is 1. The van der Waals surface area contributed by atoms with Crippen LogP contribution in [0.25, 0.3) is 22.3 Å². The molecule has 4 aromatic rings. The van der Waals surface area contributed by atoms with E-state index in [4.69, 9.17) is 4.74 Å². The van der Waals surface area contributed by atoms with Crippen LogP contribution in [0.1, 0.15) is 49.5 Å². The van der Waals surface area contributed by atoms with E-state index in [1.165, 1.54) is 24.8 Å². The molecule has 1 amide bonds. The number of amides is 1. The number of hydrogen-bond acceptors (Lipinski definition) is 5. The summed E-state index contributed by atoms with van der Waals surface area (Å²) in [6.07, 6.45) is 7.62. The van der Waals surface area contributed by atoms with Crippen molar-refractivity contribution in [2.75, 3.05) is 31.0 Å². The first-order chi connectivity index (χ1) is 19.9. The molecule has 0 bridgehead atoms. The van der Waals surface area contributed by atoms with Crippen LogP contribution in [0.15, 0.2) is 91.3 Å². The highest BCUT2D eigenvalue weighted by atomic mass is 16.6. The number of nitrogens with zero attached hydrogens (tertiary/aromatic N) is 3. The van der Waals surface area contributed by atoms with Gasteiger partial charge in [-0.2, -0.15) is 0 Å². The van der Waals surface area contributed by atoms with Crippen molar-refractivity contribution in [3.63, 3.8) is 0 Å². The molecule has 1 atom stereocenters. The Balaban J connectivity index is 1.43. The van der Waals surface area contributed by atoms with Crippen LogP contribution in [0.3, 0.4) is 0 Å². The summed E-state index contributed by atoms with van der Waals surface area (Å²) in [4.78, 5) is 22.3. The van der Waals surface area contributed by atoms with Crippen molar-refractivity contribution in [1.29, 1.82) is 0 Å². The molecule has 1 saturated carbocycles. The summed E-state index contributed by atoms with van der Waals surface area (Å²) in [5.41, 5.74) is 7.80. The van der Waals surface area contributed by atoms with E-state index in [1.807, 2.05) is 49.3 Å². The van der Waals surface area contributed by atoms with Crippen LogP contribution in [-0.2, 0) is 16.1 Å². The Bertz CT molecular complexity index is 1440. The third-order valence-electron chi connectivity index (χ3n) is 7.99. The van der Waals surface area contributed by atoms with Crippen molar-refractivity contribution in [2.45, 2.75) is 44.9 Å². The zero-order valence-corrected chi connectivity index (χ0v) is 24.2. The van der Waals surface area contributed by atoms with E-state index in [0.717, 1.165) is 53.6 Å². The second-order valence-electron chi connectivity index (χ2n) is 11.0. The Hall–Kier alpha value is -4.00. The minimum Gasteiger partial charge on any atom is -0.378 e. The van der Waals surface area contributed by atoms with Crippen LogP contribution in [-0.4, -0.2) is 37.2 Å². The highest BCUT2D eigenvalue weighted by Crippen LogP contribution is 2.32. The minimum absolute atomic E-state index is 0.0451. The van der Waals surface area contributed by atoms with E-state index in [-0.39, 0.29) is 11.8 Å². The molecule has 0 saturated heterocycles. The summed E-state index contributed by atoms with van der Waals surface area (Å²) in [6.45, 7) is 0.499. The number of methoxy groups -OCH3 is 1. The van der Waals surface area contributed by atoms with Gasteiger partial charge in [-0.15, -0.1) is 0 Å². The maximum Gasteiger partial charge on any atom is 0.230 e. The predicted octanol–water partition coefficient (Wildman–Crippen LogP) is 7.23. The topological polar surface area (TPSA) is 65.9 Å². The number of carbonyl (C=O) groups excluding carboxylic acids is 1. The van der Waals surface area contributed by atoms with Crippen molar-refractivity contribution < 1.29 is 14.6 Å². The fourth-order valence-electron chi connectivity index (χ4n) is 5.54. The highest BCUT2D eigenvalue weighted by molar-refractivity contribution is 5.95. The second-order valence-corrected chi connectivity index (χ2v) is 11.0. The Kier molecular flexibility index (Phi) is 9.12. The lowest BCUT2D eigenvalue weighted by molar-refractivity contribution is -0.123. The molecule has 1 aliphatic rings. The van der Waals surface area contributed by atoms with Gasteiger partial charge in [-0.25, -0.2) is 0 Å². The summed E-state index contributed by atoms with van der Waals surface area (Å²) < 4.78 is 5.07. The fourth-order valence-corrected chi connectivity index (χ4v) is 5.54. The molecule has 3 aromatic carbocycles. The monoisotopic (exact) mass is 549 g/mol. The fraction of sp³-hybridized carbons (Fsp3) is 0.314. The van der Waals surface area contributed by atoms with Crippen LogP contribution in [0.4, 0.5) is 11.4 Å². The zero-order valence-electron chi connectivity index (χ0n) is 24.2. The summed E-state index contributed by atoms with van der Waals surface area (Å²) in [5.74, 6) is 0.232. The van der Waals surface area contributed by atoms with Gasteiger partial charge in [0.25, 0.3) is 0 Å². The van der Waals surface area contributed by atoms with Crippen LogP contribution in [0, 0.1) is 5.92 Å². The summed E-state index contributed by atoms with van der Waals surface area (Å²) in [7, 11) is 5.54. The molecule has 5 rings (SSSR count). The molecular formula is C35H39N3O3. The van der Waals surface area contributed by atoms with E-state index >= 15 is 0 Å². The van der Waals surface area contributed by atoms with Gasteiger partial charge in [-0.05, 0) is 65.4 Å². The smallest absolute Gasteiger partial charge is 0.230 e. The molecule has 212 valence electrons. The first kappa shape index (κ1) is 28.5. The number of aliphatic hydroxyl groups is 1. The maximum absolute atomic E-state index is 14.0. The normalized spacial score (nSPS) is 14.4. The molecular weight excluding hydrogens is 510 g/mol. The van der Waals surface area contributed by atoms with Gasteiger partial charge < -0.3 is 19.6 Å². The molecule has 1 unspecified atom stereocenters. The molecule has 6 heteroatoms. The van der Waals surface area contributed by atoms with Crippen LogP contribution < -0.4 is 9.80 Å². The number of carbonyl (C=O) groups is 1. The lowest BCUT2D eigenvalue weighted by atomic mass is 9.88. The summed E-state index contributed by atoms with van der Waals surface area (Å²) in [5, 5.41) is 10.1. The standard InChI is InChI=1S/C35H39N3O3/c1-37(2)32-18-16-27(17-19-32)26-14-12-25(13-15-26)24-38(34(39)28-8-5-4-6-9-28)33-11-7-10-29(21-33)30-20-31(23-36-22-30)35(40)41-3/h7,10-23,28,35,40H,4-6,8-9,24H2,1-3H3. The average molecular weight is 550 g/mol. The number of pyridine rings is 1. The lowest BCUT2D eigenvalue weighted by Crippen LogP contribution is -2.36. The van der Waals surface area contributed by atoms with E-state index in [1.54, 1.807) is 12.4 Å². The van der Waals surface area contributed by atoms with Crippen LogP contribution >= 0.6 is 0 Å². The van der Waals surface area contributed by atoms with E-state index in [9.17, 15) is 9.90 Å². The van der Waals surface area contributed by atoms with E-state index in [2.05, 4.69) is 58.4 Å². The van der Waals surface area contributed by atoms with Gasteiger partial charge in [0.2, 0.25) is 5.91 Å². The van der Waals surface area contributed by atoms with Gasteiger partial charge in [0.1, 0.15) is 0 Å². The third kappa shape index (κ3) is 6.84. The largest absolute Gasteiger partial charge is 0.378 e. The number of ether oxygens (including phenoxy) is 1. The van der Waals surface area contributed by atoms with Crippen LogP contribution in [0.2, 0.25) is 0 Å². The lowest BCUT2D eigenvalue weighted by Gasteiger charge is -2.30. The van der Waals surface area contributed by atoms with Crippen LogP contribution in [0.5, 0.6) is 0 Å². The first-order valence-corrected chi connectivity index (χ1v) is 14.4. The van der Waals surface area contributed by atoms with Gasteiger partial charge in [0.15, 0.2) is 6.29 Å². The SMILES string of the molecule is COC(O)c1cncc(-c2cccc(N(Cc3ccc(-c4ccc(N(C)C)cc4)cc3)C(=O)C3CCCCC3)c2)c1. The van der Waals surface area contributed by atoms with Gasteiger partial charge in [-0.1, -0.05) is 67.8 Å². The van der Waals surface area contributed by atoms with Crippen molar-refractivity contribution >= 4 is 17.3 Å². The van der Waals surface area contributed by atoms with E-state index < -0.39 is 6.29 Å². The number of rotatable bonds is 9. The van der Waals surface area contributed by atoms with Gasteiger partial charge in [-0.3, -0.25) is 9.78 Å². The highest BCUT2D eigenvalue weighted by Gasteiger charge is 2.27. The van der Waals surface area contributed by atoms with Gasteiger partial charge >= 0.3 is 0 Å². The quantitative estimate of drug-likeness (QED) is 0.223. The minimum atomic E-state index is -1.04. The van der Waals surface area contributed by atoms with Crippen molar-refractivity contribution in [1.82, 2.24) is 4.98 Å². The third-order valence-corrected chi connectivity index (χ3v) is 7.99. The number of aliphatic hydroxyl groups excluding tert-OH is 1. The number of anilines is 2. The molecule has 41 heavy (non-hydrogen) atoms. The van der Waals surface area contributed by atoms with Gasteiger partial charge in [0.05, 0.1) is 6.54 Å². The predicted molar refractivity (Wildman–Crippen MR) is 166 cm³/mol. The molecule has 0 aliphatic heterocycles. The average Bonchev–Trinajstić information content (AvgIpc) is 3.04. The molecule has 1 fully saturated rings. The summed E-state index contributed by atoms with van der Waals surface area (Å²) in [6, 6.07) is 27.0. The summed E-state index contributed by atoms with van der Waals surface area (Å²) >= 11 is 0. The molecule has 1 aliphatic carbocycles. The second kappa shape index (κ2) is 13.1. The molecule has 1 aromatic heterocycles. The Morgan fingerprint density at radius 3 is 2.20 bits per heavy atom. The molecule has 1 heterocycles. The van der Waals surface area contributed by atoms with Crippen molar-refractivity contribution in [2.24, 2.45) is 5.92 Å². The van der Waals surface area contributed by atoms with E-state index in [0.29, 0.717) is 12.1 Å². The molecule has 6 nitrogen and oxygen atoms in total. The molecule has 0 radical (unpaired) electrons. The Morgan fingerprint density at radius 1 is 0.854 bits per heavy atom. The Morgan fingerprint density at radius 2 is 1.54 bits per heavy atom. The first-order valence-electron chi connectivity index (χ1n) is 14.4. The maximum atomic E-state index is 14.0. The number of benzene rings is 3.